The maximum atomic E-state index is 13.7. The van der Waals surface area contributed by atoms with Crippen LogP contribution in [0.2, 0.25) is 0 Å². The Hall–Kier alpha value is -2.18. The van der Waals surface area contributed by atoms with Crippen molar-refractivity contribution < 1.29 is 27.8 Å². The monoisotopic (exact) mass is 301 g/mol. The molecule has 1 atom stereocenters. The smallest absolute Gasteiger partial charge is 0.408 e. The number of rotatable bonds is 3. The first-order valence-corrected chi connectivity index (χ1v) is 6.17. The van der Waals surface area contributed by atoms with Crippen LogP contribution in [0, 0.1) is 11.6 Å². The van der Waals surface area contributed by atoms with Crippen molar-refractivity contribution in [3.05, 3.63) is 35.4 Å². The second-order valence-electron chi connectivity index (χ2n) is 5.24. The van der Waals surface area contributed by atoms with Crippen LogP contribution in [0.3, 0.4) is 0 Å². The number of nitrogens with one attached hydrogen (secondary N) is 1. The summed E-state index contributed by atoms with van der Waals surface area (Å²) in [5.74, 6) is -2.95. The van der Waals surface area contributed by atoms with Crippen LogP contribution in [0.5, 0.6) is 0 Å². The normalized spacial score (nSPS) is 12.5. The topological polar surface area (TPSA) is 64.6 Å². The zero-order valence-electron chi connectivity index (χ0n) is 12.2. The number of hydrogen-bond donors (Lipinski definition) is 1. The molecule has 0 bridgehead atoms. The third-order valence-corrected chi connectivity index (χ3v) is 2.39. The van der Waals surface area contributed by atoms with Crippen LogP contribution in [0.15, 0.2) is 18.2 Å². The Morgan fingerprint density at radius 1 is 1.19 bits per heavy atom. The molecule has 1 rings (SSSR count). The fourth-order valence-electron chi connectivity index (χ4n) is 1.58. The summed E-state index contributed by atoms with van der Waals surface area (Å²) in [5, 5.41) is 2.11. The highest BCUT2D eigenvalue weighted by molar-refractivity contribution is 5.82. The SMILES string of the molecule is COC(=O)C(NC(=O)OC(C)(C)C)c1c(F)cccc1F. The van der Waals surface area contributed by atoms with Crippen molar-refractivity contribution >= 4 is 12.1 Å². The molecule has 0 fully saturated rings. The molecule has 1 amide bonds. The van der Waals surface area contributed by atoms with Crippen molar-refractivity contribution in [2.24, 2.45) is 0 Å². The van der Waals surface area contributed by atoms with Crippen LogP contribution in [0.1, 0.15) is 32.4 Å². The maximum absolute atomic E-state index is 13.7. The molecular weight excluding hydrogens is 284 g/mol. The van der Waals surface area contributed by atoms with Gasteiger partial charge in [0.15, 0.2) is 6.04 Å². The average molecular weight is 301 g/mol. The number of carbonyl (C=O) groups excluding carboxylic acids is 2. The molecule has 1 unspecified atom stereocenters. The molecule has 1 N–H and O–H groups in total. The van der Waals surface area contributed by atoms with Crippen LogP contribution in [-0.2, 0) is 14.3 Å². The number of benzene rings is 1. The van der Waals surface area contributed by atoms with E-state index in [1.165, 1.54) is 0 Å². The largest absolute Gasteiger partial charge is 0.467 e. The lowest BCUT2D eigenvalue weighted by atomic mass is 10.1. The Kier molecular flexibility index (Phi) is 5.23. The molecule has 0 aliphatic heterocycles. The second-order valence-corrected chi connectivity index (χ2v) is 5.24. The molecule has 0 radical (unpaired) electrons. The van der Waals surface area contributed by atoms with Crippen molar-refractivity contribution in [3.63, 3.8) is 0 Å². The van der Waals surface area contributed by atoms with Crippen molar-refractivity contribution in [1.29, 1.82) is 0 Å². The lowest BCUT2D eigenvalue weighted by Crippen LogP contribution is -2.39. The summed E-state index contributed by atoms with van der Waals surface area (Å²) in [6.45, 7) is 4.84. The van der Waals surface area contributed by atoms with E-state index >= 15 is 0 Å². The maximum Gasteiger partial charge on any atom is 0.408 e. The molecule has 5 nitrogen and oxygen atoms in total. The van der Waals surface area contributed by atoms with E-state index in [1.807, 2.05) is 0 Å². The lowest BCUT2D eigenvalue weighted by Gasteiger charge is -2.23. The minimum absolute atomic E-state index is 0.602. The number of hydrogen-bond acceptors (Lipinski definition) is 4. The van der Waals surface area contributed by atoms with Crippen molar-refractivity contribution in [2.45, 2.75) is 32.4 Å². The van der Waals surface area contributed by atoms with E-state index in [2.05, 4.69) is 10.1 Å². The van der Waals surface area contributed by atoms with Crippen LogP contribution < -0.4 is 5.32 Å². The van der Waals surface area contributed by atoms with Gasteiger partial charge in [-0.3, -0.25) is 0 Å². The molecule has 0 spiro atoms. The number of carbonyl (C=O) groups is 2. The number of esters is 1. The van der Waals surface area contributed by atoms with Crippen molar-refractivity contribution in [3.8, 4) is 0 Å². The molecule has 0 heterocycles. The fourth-order valence-corrected chi connectivity index (χ4v) is 1.58. The number of amides is 1. The Morgan fingerprint density at radius 3 is 2.14 bits per heavy atom. The average Bonchev–Trinajstić information content (AvgIpc) is 2.34. The first-order valence-electron chi connectivity index (χ1n) is 6.17. The van der Waals surface area contributed by atoms with E-state index in [1.54, 1.807) is 20.8 Å². The molecule has 0 saturated carbocycles. The summed E-state index contributed by atoms with van der Waals surface area (Å²) in [5.41, 5.74) is -1.42. The van der Waals surface area contributed by atoms with Crippen LogP contribution in [0.4, 0.5) is 13.6 Å². The van der Waals surface area contributed by atoms with Gasteiger partial charge in [-0.15, -0.1) is 0 Å². The van der Waals surface area contributed by atoms with E-state index in [-0.39, 0.29) is 0 Å². The Bertz CT molecular complexity index is 520. The standard InChI is InChI=1S/C14H17F2NO4/c1-14(2,3)21-13(19)17-11(12(18)20-4)10-8(15)6-5-7-9(10)16/h5-7,11H,1-4H3,(H,17,19). The van der Waals surface area contributed by atoms with Gasteiger partial charge in [0.25, 0.3) is 0 Å². The van der Waals surface area contributed by atoms with Gasteiger partial charge in [0.05, 0.1) is 12.7 Å². The van der Waals surface area contributed by atoms with Crippen LogP contribution in [0.25, 0.3) is 0 Å². The number of ether oxygens (including phenoxy) is 2. The van der Waals surface area contributed by atoms with Gasteiger partial charge in [0, 0.05) is 0 Å². The van der Waals surface area contributed by atoms with Gasteiger partial charge in [-0.25, -0.2) is 18.4 Å². The summed E-state index contributed by atoms with van der Waals surface area (Å²) in [4.78, 5) is 23.4. The number of halogens is 2. The van der Waals surface area contributed by atoms with Crippen molar-refractivity contribution in [2.75, 3.05) is 7.11 Å². The molecular formula is C14H17F2NO4. The summed E-state index contributed by atoms with van der Waals surface area (Å²) in [7, 11) is 1.05. The van der Waals surface area contributed by atoms with E-state index < -0.39 is 40.9 Å². The van der Waals surface area contributed by atoms with Gasteiger partial charge in [0.1, 0.15) is 17.2 Å². The van der Waals surface area contributed by atoms with Gasteiger partial charge in [0.2, 0.25) is 0 Å². The Balaban J connectivity index is 3.08. The minimum Gasteiger partial charge on any atom is -0.467 e. The van der Waals surface area contributed by atoms with Crippen LogP contribution in [-0.4, -0.2) is 24.8 Å². The highest BCUT2D eigenvalue weighted by Crippen LogP contribution is 2.22. The molecule has 1 aromatic rings. The van der Waals surface area contributed by atoms with E-state index in [9.17, 15) is 18.4 Å². The molecule has 0 aliphatic rings. The highest BCUT2D eigenvalue weighted by Gasteiger charge is 2.31. The fraction of sp³-hybridized carbons (Fsp3) is 0.429. The quantitative estimate of drug-likeness (QED) is 0.872. The number of alkyl carbamates (subject to hydrolysis) is 1. The summed E-state index contributed by atoms with van der Waals surface area (Å²) in [6.07, 6.45) is -0.986. The second kappa shape index (κ2) is 6.51. The molecule has 7 heteroatoms. The van der Waals surface area contributed by atoms with Gasteiger partial charge in [-0.1, -0.05) is 6.07 Å². The van der Waals surface area contributed by atoms with E-state index in [0.29, 0.717) is 0 Å². The van der Waals surface area contributed by atoms with Gasteiger partial charge in [-0.2, -0.15) is 0 Å². The molecule has 0 aliphatic carbocycles. The predicted molar refractivity (Wildman–Crippen MR) is 70.5 cm³/mol. The summed E-state index contributed by atoms with van der Waals surface area (Å²) >= 11 is 0. The molecule has 0 saturated heterocycles. The predicted octanol–water partition coefficient (Wildman–Crippen LogP) is 2.70. The highest BCUT2D eigenvalue weighted by atomic mass is 19.1. The zero-order chi connectivity index (χ0) is 16.2. The molecule has 116 valence electrons. The third-order valence-electron chi connectivity index (χ3n) is 2.39. The summed E-state index contributed by atoms with van der Waals surface area (Å²) < 4.78 is 36.9. The minimum atomic E-state index is -1.63. The zero-order valence-corrected chi connectivity index (χ0v) is 12.2. The molecule has 1 aromatic carbocycles. The molecule has 0 aromatic heterocycles. The van der Waals surface area contributed by atoms with Gasteiger partial charge in [-0.05, 0) is 32.9 Å². The number of methoxy groups -OCH3 is 1. The van der Waals surface area contributed by atoms with Crippen LogP contribution >= 0.6 is 0 Å². The third kappa shape index (κ3) is 4.70. The lowest BCUT2D eigenvalue weighted by molar-refractivity contribution is -0.143. The van der Waals surface area contributed by atoms with E-state index in [0.717, 1.165) is 25.3 Å². The van der Waals surface area contributed by atoms with Gasteiger partial charge < -0.3 is 14.8 Å². The van der Waals surface area contributed by atoms with Crippen molar-refractivity contribution in [1.82, 2.24) is 5.32 Å². The Labute approximate surface area is 121 Å². The first kappa shape index (κ1) is 16.9. The first-order chi connectivity index (χ1) is 9.65. The molecule has 21 heavy (non-hydrogen) atoms. The van der Waals surface area contributed by atoms with E-state index in [4.69, 9.17) is 4.74 Å². The van der Waals surface area contributed by atoms with Gasteiger partial charge >= 0.3 is 12.1 Å². The summed E-state index contributed by atoms with van der Waals surface area (Å²) in [6, 6.07) is 1.47. The Morgan fingerprint density at radius 2 is 1.71 bits per heavy atom.